The Bertz CT molecular complexity index is 169. The van der Waals surface area contributed by atoms with Gasteiger partial charge in [0.05, 0.1) is 4.48 Å². The molecule has 0 aliphatic heterocycles. The zero-order valence-corrected chi connectivity index (χ0v) is 5.60. The normalized spacial score (nSPS) is 9.25. The molecule has 0 amide bonds. The van der Waals surface area contributed by atoms with E-state index in [-0.39, 0.29) is 0 Å². The lowest BCUT2D eigenvalue weighted by Gasteiger charge is -1.77. The van der Waals surface area contributed by atoms with Crippen molar-refractivity contribution in [1.29, 1.82) is 0 Å². The van der Waals surface area contributed by atoms with Gasteiger partial charge in [0.15, 0.2) is 0 Å². The number of pyridine rings is 1. The van der Waals surface area contributed by atoms with Gasteiger partial charge in [-0.3, -0.25) is 0 Å². The zero-order chi connectivity index (χ0) is 5.98. The van der Waals surface area contributed by atoms with E-state index in [2.05, 4.69) is 15.9 Å². The number of rotatable bonds is 0. The van der Waals surface area contributed by atoms with Crippen LogP contribution in [0.25, 0.3) is 0 Å². The minimum Gasteiger partial charge on any atom is -0.0488 e. The molecule has 0 aliphatic rings. The smallest absolute Gasteiger partial charge is 0.0488 e. The van der Waals surface area contributed by atoms with Crippen LogP contribution < -0.4 is 4.79 Å². The summed E-state index contributed by atoms with van der Waals surface area (Å²) in [6.07, 6.45) is 1.32. The lowest BCUT2D eigenvalue weighted by atomic mass is 10.5. The maximum atomic E-state index is 12.2. The van der Waals surface area contributed by atoms with Crippen molar-refractivity contribution in [3.63, 3.8) is 0 Å². The van der Waals surface area contributed by atoms with Crippen molar-refractivity contribution >= 4 is 15.9 Å². The molecule has 0 fully saturated rings. The molecule has 8 heavy (non-hydrogen) atoms. The molecule has 1 aromatic rings. The quantitative estimate of drug-likeness (QED) is 0.528. The van der Waals surface area contributed by atoms with E-state index in [4.69, 9.17) is 0 Å². The standard InChI is InChI=1S/C5H4BrFN/c6-5-3-1-2-4-8(5)7/h1-4H/q+1. The van der Waals surface area contributed by atoms with Gasteiger partial charge in [0, 0.05) is 32.9 Å². The summed E-state index contributed by atoms with van der Waals surface area (Å²) in [4.78, 5) is 0.500. The second-order valence-electron chi connectivity index (χ2n) is 1.33. The van der Waals surface area contributed by atoms with Crippen LogP contribution in [0.5, 0.6) is 0 Å². The molecule has 0 bridgehead atoms. The highest BCUT2D eigenvalue weighted by Crippen LogP contribution is 1.99. The van der Waals surface area contributed by atoms with Crippen LogP contribution in [0.4, 0.5) is 4.48 Å². The number of hydrogen-bond acceptors (Lipinski definition) is 0. The van der Waals surface area contributed by atoms with Gasteiger partial charge < -0.3 is 0 Å². The van der Waals surface area contributed by atoms with Crippen LogP contribution in [0, 0.1) is 0 Å². The fourth-order valence-corrected chi connectivity index (χ4v) is 0.673. The highest BCUT2D eigenvalue weighted by Gasteiger charge is 2.01. The Balaban J connectivity index is 3.13. The summed E-state index contributed by atoms with van der Waals surface area (Å²) >= 11 is 2.98. The van der Waals surface area contributed by atoms with Crippen molar-refractivity contribution in [3.05, 3.63) is 29.0 Å². The first-order valence-corrected chi connectivity index (χ1v) is 2.92. The van der Waals surface area contributed by atoms with Gasteiger partial charge in [-0.05, 0) is 6.07 Å². The first-order chi connectivity index (χ1) is 3.80. The molecule has 1 heterocycles. The van der Waals surface area contributed by atoms with Gasteiger partial charge in [-0.25, -0.2) is 0 Å². The van der Waals surface area contributed by atoms with Crippen molar-refractivity contribution in [3.8, 4) is 0 Å². The van der Waals surface area contributed by atoms with Crippen LogP contribution in [0.1, 0.15) is 0 Å². The lowest BCUT2D eigenvalue weighted by molar-refractivity contribution is -0.852. The Kier molecular flexibility index (Phi) is 1.58. The Hall–Kier alpha value is -0.440. The molecule has 1 aromatic heterocycles. The molecule has 0 saturated carbocycles. The molecule has 0 unspecified atom stereocenters. The summed E-state index contributed by atoms with van der Waals surface area (Å²) in [6, 6.07) is 4.99. The van der Waals surface area contributed by atoms with Crippen LogP contribution in [0.2, 0.25) is 0 Å². The third-order valence-electron chi connectivity index (χ3n) is 0.766. The summed E-state index contributed by atoms with van der Waals surface area (Å²) in [6.45, 7) is 0. The summed E-state index contributed by atoms with van der Waals surface area (Å²) in [5.41, 5.74) is 0. The van der Waals surface area contributed by atoms with E-state index in [1.165, 1.54) is 6.20 Å². The van der Waals surface area contributed by atoms with Gasteiger partial charge >= 0.3 is 0 Å². The molecule has 1 nitrogen and oxygen atoms in total. The summed E-state index contributed by atoms with van der Waals surface area (Å²) in [7, 11) is 0. The molecule has 42 valence electrons. The summed E-state index contributed by atoms with van der Waals surface area (Å²) in [5.74, 6) is 0. The minimum atomic E-state index is 0.431. The molecule has 3 heteroatoms. The van der Waals surface area contributed by atoms with E-state index in [1.54, 1.807) is 18.2 Å². The number of halogens is 2. The van der Waals surface area contributed by atoms with E-state index in [0.29, 0.717) is 9.39 Å². The SMILES string of the molecule is F[n+]1ccccc1Br. The number of nitrogens with zero attached hydrogens (tertiary/aromatic N) is 1. The molecule has 0 aromatic carbocycles. The van der Waals surface area contributed by atoms with Gasteiger partial charge in [0.1, 0.15) is 0 Å². The van der Waals surface area contributed by atoms with Crippen LogP contribution in [-0.4, -0.2) is 0 Å². The van der Waals surface area contributed by atoms with Gasteiger partial charge in [-0.1, -0.05) is 0 Å². The molecule has 1 rings (SSSR count). The highest BCUT2D eigenvalue weighted by molar-refractivity contribution is 9.10. The second-order valence-corrected chi connectivity index (χ2v) is 2.15. The fourth-order valence-electron chi connectivity index (χ4n) is 0.403. The van der Waals surface area contributed by atoms with E-state index in [1.807, 2.05) is 0 Å². The monoisotopic (exact) mass is 176 g/mol. The maximum absolute atomic E-state index is 12.2. The van der Waals surface area contributed by atoms with Crippen LogP contribution >= 0.6 is 15.9 Å². The molecule has 0 spiro atoms. The van der Waals surface area contributed by atoms with Gasteiger partial charge in [0.2, 0.25) is 6.20 Å². The first kappa shape index (κ1) is 5.69. The van der Waals surface area contributed by atoms with Crippen LogP contribution in [0.3, 0.4) is 0 Å². The summed E-state index contributed by atoms with van der Waals surface area (Å²) in [5, 5.41) is 0. The zero-order valence-electron chi connectivity index (χ0n) is 4.01. The lowest BCUT2D eigenvalue weighted by Crippen LogP contribution is -2.22. The van der Waals surface area contributed by atoms with Crippen molar-refractivity contribution < 1.29 is 9.27 Å². The van der Waals surface area contributed by atoms with E-state index in [9.17, 15) is 4.48 Å². The number of aromatic nitrogens is 1. The average molecular weight is 177 g/mol. The molecular weight excluding hydrogens is 173 g/mol. The Morgan fingerprint density at radius 1 is 1.50 bits per heavy atom. The van der Waals surface area contributed by atoms with Crippen LogP contribution in [-0.2, 0) is 0 Å². The fraction of sp³-hybridized carbons (Fsp3) is 0. The molecule has 0 radical (unpaired) electrons. The topological polar surface area (TPSA) is 3.88 Å². The average Bonchev–Trinajstić information content (AvgIpc) is 1.77. The van der Waals surface area contributed by atoms with Crippen molar-refractivity contribution in [2.24, 2.45) is 0 Å². The van der Waals surface area contributed by atoms with Gasteiger partial charge in [0.25, 0.3) is 4.60 Å². The molecule has 0 N–H and O–H groups in total. The summed E-state index contributed by atoms with van der Waals surface area (Å²) < 4.78 is 12.6. The Morgan fingerprint density at radius 3 is 2.62 bits per heavy atom. The first-order valence-electron chi connectivity index (χ1n) is 2.13. The highest BCUT2D eigenvalue weighted by atomic mass is 79.9. The Labute approximate surface area is 54.8 Å². The van der Waals surface area contributed by atoms with Gasteiger partial charge in [-0.2, -0.15) is 0 Å². The second kappa shape index (κ2) is 2.22. The van der Waals surface area contributed by atoms with Crippen molar-refractivity contribution in [2.75, 3.05) is 0 Å². The maximum Gasteiger partial charge on any atom is 0.295 e. The molecule has 0 aliphatic carbocycles. The van der Waals surface area contributed by atoms with Gasteiger partial charge in [-0.15, -0.1) is 0 Å². The third kappa shape index (κ3) is 1.04. The van der Waals surface area contributed by atoms with Crippen LogP contribution in [0.15, 0.2) is 29.0 Å². The van der Waals surface area contributed by atoms with E-state index >= 15 is 0 Å². The molecular formula is C5H4BrFN+. The predicted molar refractivity (Wildman–Crippen MR) is 30.8 cm³/mol. The van der Waals surface area contributed by atoms with Crippen molar-refractivity contribution in [1.82, 2.24) is 0 Å². The Morgan fingerprint density at radius 2 is 2.25 bits per heavy atom. The largest absolute Gasteiger partial charge is 0.295 e. The third-order valence-corrected chi connectivity index (χ3v) is 1.37. The van der Waals surface area contributed by atoms with E-state index in [0.717, 1.165) is 0 Å². The van der Waals surface area contributed by atoms with Crippen molar-refractivity contribution in [2.45, 2.75) is 0 Å². The molecule has 0 saturated heterocycles. The predicted octanol–water partition coefficient (Wildman–Crippen LogP) is 1.47. The number of hydrogen-bond donors (Lipinski definition) is 0. The molecule has 0 atom stereocenters. The minimum absolute atomic E-state index is 0.431. The van der Waals surface area contributed by atoms with E-state index < -0.39 is 0 Å².